The average molecular weight is 287 g/mol. The third-order valence-electron chi connectivity index (χ3n) is 2.57. The number of hydrogen-bond acceptors (Lipinski definition) is 3. The Balaban J connectivity index is 1.73. The van der Waals surface area contributed by atoms with Gasteiger partial charge in [-0.3, -0.25) is 4.79 Å². The summed E-state index contributed by atoms with van der Waals surface area (Å²) in [6.07, 6.45) is 2.15. The molecule has 1 aromatic rings. The van der Waals surface area contributed by atoms with Gasteiger partial charge in [-0.15, -0.1) is 11.8 Å². The smallest absolute Gasteiger partial charge is 0.387 e. The number of amides is 1. The van der Waals surface area contributed by atoms with Gasteiger partial charge in [0.05, 0.1) is 5.75 Å². The predicted molar refractivity (Wildman–Crippen MR) is 70.4 cm³/mol. The van der Waals surface area contributed by atoms with Crippen LogP contribution in [0.2, 0.25) is 0 Å². The summed E-state index contributed by atoms with van der Waals surface area (Å²) in [6.45, 7) is -2.81. The van der Waals surface area contributed by atoms with Crippen LogP contribution in [0.1, 0.15) is 18.4 Å². The van der Waals surface area contributed by atoms with Gasteiger partial charge < -0.3 is 10.1 Å². The molecule has 0 radical (unpaired) electrons. The molecule has 0 aromatic heterocycles. The Hall–Kier alpha value is -1.30. The second-order valence-electron chi connectivity index (χ2n) is 4.36. The molecule has 0 saturated heterocycles. The van der Waals surface area contributed by atoms with E-state index < -0.39 is 6.61 Å². The molecular formula is C13H15F2NO2S. The number of nitrogens with one attached hydrogen (secondary N) is 1. The predicted octanol–water partition coefficient (Wildman–Crippen LogP) is 2.80. The van der Waals surface area contributed by atoms with Gasteiger partial charge in [0.2, 0.25) is 5.91 Å². The molecule has 0 bridgehead atoms. The Bertz CT molecular complexity index is 438. The van der Waals surface area contributed by atoms with E-state index in [0.29, 0.717) is 17.5 Å². The van der Waals surface area contributed by atoms with Crippen LogP contribution in [0, 0.1) is 0 Å². The van der Waals surface area contributed by atoms with Crippen molar-refractivity contribution in [2.75, 3.05) is 5.75 Å². The molecule has 19 heavy (non-hydrogen) atoms. The summed E-state index contributed by atoms with van der Waals surface area (Å²) in [5, 5.41) is 2.89. The normalized spacial score (nSPS) is 14.5. The molecule has 104 valence electrons. The van der Waals surface area contributed by atoms with Crippen LogP contribution in [-0.2, 0) is 10.5 Å². The number of ether oxygens (including phenoxy) is 1. The van der Waals surface area contributed by atoms with E-state index in [1.54, 1.807) is 12.1 Å². The fourth-order valence-electron chi connectivity index (χ4n) is 1.57. The van der Waals surface area contributed by atoms with Gasteiger partial charge in [0.15, 0.2) is 0 Å². The lowest BCUT2D eigenvalue weighted by molar-refractivity contribution is -0.118. The standard InChI is InChI=1S/C13H15F2NO2S/c14-13(15)18-11-3-1-2-9(6-11)7-19-8-12(17)16-10-4-5-10/h1-3,6,10,13H,4-5,7-8H2,(H,16,17). The molecule has 0 heterocycles. The number of benzene rings is 1. The molecule has 1 aliphatic carbocycles. The average Bonchev–Trinajstić information content (AvgIpc) is 3.12. The fourth-order valence-corrected chi connectivity index (χ4v) is 2.36. The largest absolute Gasteiger partial charge is 0.435 e. The van der Waals surface area contributed by atoms with Crippen molar-refractivity contribution in [1.82, 2.24) is 5.32 Å². The first-order valence-corrected chi connectivity index (χ1v) is 7.20. The van der Waals surface area contributed by atoms with Crippen molar-refractivity contribution in [1.29, 1.82) is 0 Å². The van der Waals surface area contributed by atoms with Gasteiger partial charge in [-0.2, -0.15) is 8.78 Å². The minimum absolute atomic E-state index is 0.0347. The second-order valence-corrected chi connectivity index (χ2v) is 5.35. The molecule has 6 heteroatoms. The van der Waals surface area contributed by atoms with Gasteiger partial charge in [-0.05, 0) is 30.5 Å². The Labute approximate surface area is 114 Å². The summed E-state index contributed by atoms with van der Waals surface area (Å²) < 4.78 is 28.4. The zero-order valence-electron chi connectivity index (χ0n) is 10.3. The van der Waals surface area contributed by atoms with Crippen molar-refractivity contribution in [2.24, 2.45) is 0 Å². The van der Waals surface area contributed by atoms with Gasteiger partial charge in [-0.1, -0.05) is 12.1 Å². The van der Waals surface area contributed by atoms with Crippen LogP contribution in [0.3, 0.4) is 0 Å². The van der Waals surface area contributed by atoms with E-state index in [-0.39, 0.29) is 11.7 Å². The minimum Gasteiger partial charge on any atom is -0.435 e. The maximum Gasteiger partial charge on any atom is 0.387 e. The molecule has 0 aliphatic heterocycles. The molecule has 1 fully saturated rings. The van der Waals surface area contributed by atoms with E-state index in [2.05, 4.69) is 10.1 Å². The van der Waals surface area contributed by atoms with Crippen molar-refractivity contribution in [2.45, 2.75) is 31.2 Å². The number of hydrogen-bond donors (Lipinski definition) is 1. The third-order valence-corrected chi connectivity index (χ3v) is 3.57. The monoisotopic (exact) mass is 287 g/mol. The number of thioether (sulfide) groups is 1. The highest BCUT2D eigenvalue weighted by Crippen LogP contribution is 2.21. The SMILES string of the molecule is O=C(CSCc1cccc(OC(F)F)c1)NC1CC1. The summed E-state index contributed by atoms with van der Waals surface area (Å²) in [7, 11) is 0. The fraction of sp³-hybridized carbons (Fsp3) is 0.462. The zero-order chi connectivity index (χ0) is 13.7. The summed E-state index contributed by atoms with van der Waals surface area (Å²) in [6, 6.07) is 6.91. The maximum atomic E-state index is 12.1. The first kappa shape index (κ1) is 14.1. The summed E-state index contributed by atoms with van der Waals surface area (Å²) in [5.74, 6) is 1.16. The number of carbonyl (C=O) groups excluding carboxylic acids is 1. The first-order valence-electron chi connectivity index (χ1n) is 6.04. The Kier molecular flexibility index (Phi) is 5.01. The van der Waals surface area contributed by atoms with Crippen molar-refractivity contribution >= 4 is 17.7 Å². The van der Waals surface area contributed by atoms with E-state index in [4.69, 9.17) is 0 Å². The Morgan fingerprint density at radius 2 is 2.26 bits per heavy atom. The summed E-state index contributed by atoms with van der Waals surface area (Å²) in [5.41, 5.74) is 0.863. The molecule has 1 saturated carbocycles. The van der Waals surface area contributed by atoms with E-state index in [9.17, 15) is 13.6 Å². The highest BCUT2D eigenvalue weighted by molar-refractivity contribution is 7.99. The van der Waals surface area contributed by atoms with E-state index >= 15 is 0 Å². The lowest BCUT2D eigenvalue weighted by atomic mass is 10.2. The van der Waals surface area contributed by atoms with E-state index in [1.165, 1.54) is 17.8 Å². The van der Waals surface area contributed by atoms with Gasteiger partial charge in [0.1, 0.15) is 5.75 Å². The van der Waals surface area contributed by atoms with Gasteiger partial charge in [-0.25, -0.2) is 0 Å². The number of carbonyl (C=O) groups is 1. The topological polar surface area (TPSA) is 38.3 Å². The Morgan fingerprint density at radius 1 is 1.47 bits per heavy atom. The van der Waals surface area contributed by atoms with Gasteiger partial charge in [0.25, 0.3) is 0 Å². The second kappa shape index (κ2) is 6.75. The number of alkyl halides is 2. The molecular weight excluding hydrogens is 272 g/mol. The van der Waals surface area contributed by atoms with Crippen LogP contribution in [0.5, 0.6) is 5.75 Å². The number of rotatable bonds is 7. The third kappa shape index (κ3) is 5.46. The zero-order valence-corrected chi connectivity index (χ0v) is 11.1. The minimum atomic E-state index is -2.81. The highest BCUT2D eigenvalue weighted by atomic mass is 32.2. The van der Waals surface area contributed by atoms with E-state index in [1.807, 2.05) is 6.07 Å². The molecule has 1 aromatic carbocycles. The molecule has 3 nitrogen and oxygen atoms in total. The molecule has 2 rings (SSSR count). The van der Waals surface area contributed by atoms with Crippen LogP contribution < -0.4 is 10.1 Å². The summed E-state index contributed by atoms with van der Waals surface area (Å²) in [4.78, 5) is 11.4. The molecule has 0 atom stereocenters. The molecule has 1 N–H and O–H groups in total. The van der Waals surface area contributed by atoms with Gasteiger partial charge >= 0.3 is 6.61 Å². The van der Waals surface area contributed by atoms with Crippen molar-refractivity contribution in [3.8, 4) is 5.75 Å². The lowest BCUT2D eigenvalue weighted by Gasteiger charge is -2.07. The maximum absolute atomic E-state index is 12.1. The molecule has 0 unspecified atom stereocenters. The molecule has 1 amide bonds. The van der Waals surface area contributed by atoms with Crippen molar-refractivity contribution in [3.05, 3.63) is 29.8 Å². The van der Waals surface area contributed by atoms with Gasteiger partial charge in [0, 0.05) is 11.8 Å². The molecule has 0 spiro atoms. The molecule has 1 aliphatic rings. The van der Waals surface area contributed by atoms with Crippen molar-refractivity contribution < 1.29 is 18.3 Å². The lowest BCUT2D eigenvalue weighted by Crippen LogP contribution is -2.27. The van der Waals surface area contributed by atoms with Crippen LogP contribution in [0.4, 0.5) is 8.78 Å². The quantitative estimate of drug-likeness (QED) is 0.838. The van der Waals surface area contributed by atoms with Crippen LogP contribution in [0.25, 0.3) is 0 Å². The van der Waals surface area contributed by atoms with E-state index in [0.717, 1.165) is 18.4 Å². The summed E-state index contributed by atoms with van der Waals surface area (Å²) >= 11 is 1.46. The Morgan fingerprint density at radius 3 is 2.95 bits per heavy atom. The highest BCUT2D eigenvalue weighted by Gasteiger charge is 2.22. The van der Waals surface area contributed by atoms with Crippen LogP contribution in [0.15, 0.2) is 24.3 Å². The van der Waals surface area contributed by atoms with Crippen LogP contribution in [-0.4, -0.2) is 24.3 Å². The van der Waals surface area contributed by atoms with Crippen molar-refractivity contribution in [3.63, 3.8) is 0 Å². The van der Waals surface area contributed by atoms with Crippen LogP contribution >= 0.6 is 11.8 Å². The first-order chi connectivity index (χ1) is 9.13. The number of halogens is 2.